The Labute approximate surface area is 206 Å². The number of ether oxygens (including phenoxy) is 2. The predicted octanol–water partition coefficient (Wildman–Crippen LogP) is 5.72. The van der Waals surface area contributed by atoms with Gasteiger partial charge in [-0.25, -0.2) is 13.7 Å². The number of hydrogen-bond acceptors (Lipinski definition) is 6. The van der Waals surface area contributed by atoms with Crippen LogP contribution in [0, 0.1) is 4.78 Å². The summed E-state index contributed by atoms with van der Waals surface area (Å²) < 4.78 is 71.6. The molecule has 11 heteroatoms. The third kappa shape index (κ3) is 4.86. The second-order valence-electron chi connectivity index (χ2n) is 8.70. The van der Waals surface area contributed by atoms with E-state index in [0.717, 1.165) is 35.6 Å². The molecule has 3 N–H and O–H groups in total. The van der Waals surface area contributed by atoms with Crippen molar-refractivity contribution < 1.29 is 32.0 Å². The Morgan fingerprint density at radius 1 is 0.972 bits per heavy atom. The van der Waals surface area contributed by atoms with Crippen LogP contribution in [-0.4, -0.2) is 33.9 Å². The molecule has 4 unspecified atom stereocenters. The van der Waals surface area contributed by atoms with E-state index < -0.39 is 34.2 Å². The van der Waals surface area contributed by atoms with E-state index in [0.29, 0.717) is 30.8 Å². The standard InChI is InChI=1S/C25H24F3N3O4S/c26-25(27,28)35-16-12-14-17(15-13-16)36(29,33)30-18-6-5-9-21(24(18)32)31-19-7-1-3-10-22(19)34-23-11-4-2-8-20(23)31/h1-4,7-8,10-15,18,21,24,32H,5-6,9H2,(H2,29,30,33). The monoisotopic (exact) mass is 519 g/mol. The van der Waals surface area contributed by atoms with Gasteiger partial charge in [0, 0.05) is 6.04 Å². The fourth-order valence-corrected chi connectivity index (χ4v) is 6.11. The van der Waals surface area contributed by atoms with E-state index in [2.05, 4.69) is 9.46 Å². The van der Waals surface area contributed by atoms with E-state index in [4.69, 9.17) is 9.52 Å². The van der Waals surface area contributed by atoms with Gasteiger partial charge in [-0.05, 0) is 67.8 Å². The van der Waals surface area contributed by atoms with Crippen molar-refractivity contribution in [2.75, 3.05) is 4.90 Å². The molecule has 7 nitrogen and oxygen atoms in total. The van der Waals surface area contributed by atoms with Crippen LogP contribution in [0.1, 0.15) is 19.3 Å². The fraction of sp³-hybridized carbons (Fsp3) is 0.280. The van der Waals surface area contributed by atoms with E-state index in [1.165, 1.54) is 0 Å². The van der Waals surface area contributed by atoms with Crippen LogP contribution in [0.2, 0.25) is 0 Å². The largest absolute Gasteiger partial charge is 0.573 e. The maximum atomic E-state index is 13.2. The number of anilines is 2. The third-order valence-electron chi connectivity index (χ3n) is 6.33. The van der Waals surface area contributed by atoms with Crippen molar-refractivity contribution in [1.82, 2.24) is 4.72 Å². The number of para-hydroxylation sites is 4. The Bertz CT molecular complexity index is 1300. The summed E-state index contributed by atoms with van der Waals surface area (Å²) in [5.41, 5.74) is 1.60. The smallest absolute Gasteiger partial charge is 0.453 e. The van der Waals surface area contributed by atoms with Gasteiger partial charge in [-0.2, -0.15) is 0 Å². The van der Waals surface area contributed by atoms with Crippen LogP contribution in [0.25, 0.3) is 0 Å². The highest BCUT2D eigenvalue weighted by molar-refractivity contribution is 7.90. The quantitative estimate of drug-likeness (QED) is 0.401. The molecule has 2 aliphatic rings. The lowest BCUT2D eigenvalue weighted by Crippen LogP contribution is -2.55. The molecule has 3 aromatic carbocycles. The van der Waals surface area contributed by atoms with Gasteiger partial charge in [-0.1, -0.05) is 24.3 Å². The highest BCUT2D eigenvalue weighted by Gasteiger charge is 2.40. The van der Waals surface area contributed by atoms with Crippen LogP contribution in [0.4, 0.5) is 24.5 Å². The molecule has 1 aliphatic carbocycles. The maximum absolute atomic E-state index is 13.2. The molecule has 0 spiro atoms. The zero-order valence-electron chi connectivity index (χ0n) is 18.9. The average molecular weight is 520 g/mol. The maximum Gasteiger partial charge on any atom is 0.573 e. The van der Waals surface area contributed by atoms with Gasteiger partial charge in [-0.3, -0.25) is 0 Å². The molecule has 1 aliphatic heterocycles. The summed E-state index contributed by atoms with van der Waals surface area (Å²) in [6.07, 6.45) is -3.99. The summed E-state index contributed by atoms with van der Waals surface area (Å²) in [7, 11) is -3.62. The van der Waals surface area contributed by atoms with Crippen molar-refractivity contribution in [3.8, 4) is 17.2 Å². The minimum absolute atomic E-state index is 0.00610. The number of nitrogens with zero attached hydrogens (tertiary/aromatic N) is 1. The van der Waals surface area contributed by atoms with E-state index in [1.54, 1.807) is 0 Å². The molecule has 0 aromatic heterocycles. The van der Waals surface area contributed by atoms with Crippen LogP contribution in [0.3, 0.4) is 0 Å². The summed E-state index contributed by atoms with van der Waals surface area (Å²) in [6.45, 7) is 0. The molecular formula is C25H24F3N3O4S. The van der Waals surface area contributed by atoms with E-state index in [1.807, 2.05) is 53.4 Å². The Morgan fingerprint density at radius 2 is 1.56 bits per heavy atom. The van der Waals surface area contributed by atoms with Crippen molar-refractivity contribution in [3.63, 3.8) is 0 Å². The predicted molar refractivity (Wildman–Crippen MR) is 128 cm³/mol. The van der Waals surface area contributed by atoms with Crippen molar-refractivity contribution in [3.05, 3.63) is 72.8 Å². The summed E-state index contributed by atoms with van der Waals surface area (Å²) in [5, 5.41) is 11.4. The van der Waals surface area contributed by atoms with Crippen LogP contribution < -0.4 is 19.1 Å². The van der Waals surface area contributed by atoms with E-state index in [9.17, 15) is 22.5 Å². The highest BCUT2D eigenvalue weighted by Crippen LogP contribution is 2.49. The van der Waals surface area contributed by atoms with Gasteiger partial charge < -0.3 is 19.5 Å². The number of fused-ring (bicyclic) bond motifs is 2. The first-order valence-electron chi connectivity index (χ1n) is 11.4. The first-order valence-corrected chi connectivity index (χ1v) is 12.9. The first kappa shape index (κ1) is 24.4. The van der Waals surface area contributed by atoms with Gasteiger partial charge in [0.2, 0.25) is 0 Å². The van der Waals surface area contributed by atoms with Crippen LogP contribution in [-0.2, 0) is 9.92 Å². The topological polar surface area (TPSA) is 94.9 Å². The summed E-state index contributed by atoms with van der Waals surface area (Å²) in [5.74, 6) is 0.844. The van der Waals surface area contributed by atoms with Gasteiger partial charge in [0.15, 0.2) is 11.5 Å². The van der Waals surface area contributed by atoms with Gasteiger partial charge in [0.25, 0.3) is 0 Å². The second-order valence-corrected chi connectivity index (χ2v) is 10.5. The number of aliphatic hydroxyl groups excluding tert-OH is 1. The lowest BCUT2D eigenvalue weighted by molar-refractivity contribution is -0.274. The number of hydrogen-bond donors (Lipinski definition) is 3. The summed E-state index contributed by atoms with van der Waals surface area (Å²) in [6, 6.07) is 18.3. The number of benzene rings is 3. The fourth-order valence-electron chi connectivity index (χ4n) is 4.77. The number of aliphatic hydroxyl groups is 1. The first-order chi connectivity index (χ1) is 17.1. The van der Waals surface area contributed by atoms with Crippen LogP contribution in [0.5, 0.6) is 17.2 Å². The lowest BCUT2D eigenvalue weighted by atomic mass is 9.86. The minimum Gasteiger partial charge on any atom is -0.453 e. The average Bonchev–Trinajstić information content (AvgIpc) is 2.83. The van der Waals surface area contributed by atoms with E-state index in [-0.39, 0.29) is 10.9 Å². The lowest BCUT2D eigenvalue weighted by Gasteiger charge is -2.45. The number of alkyl halides is 3. The van der Waals surface area contributed by atoms with Gasteiger partial charge in [0.05, 0.1) is 28.4 Å². The molecule has 1 fully saturated rings. The highest BCUT2D eigenvalue weighted by atomic mass is 32.2. The van der Waals surface area contributed by atoms with Crippen LogP contribution in [0.15, 0.2) is 77.7 Å². The van der Waals surface area contributed by atoms with Gasteiger partial charge in [0.1, 0.15) is 15.7 Å². The molecule has 3 aromatic rings. The molecule has 0 amide bonds. The normalized spacial score (nSPS) is 23.1. The molecule has 1 saturated carbocycles. The number of halogens is 3. The van der Waals surface area contributed by atoms with Crippen molar-refractivity contribution in [2.24, 2.45) is 0 Å². The van der Waals surface area contributed by atoms with Crippen molar-refractivity contribution in [2.45, 2.75) is 48.7 Å². The Balaban J connectivity index is 1.39. The molecule has 36 heavy (non-hydrogen) atoms. The molecule has 1 heterocycles. The third-order valence-corrected chi connectivity index (χ3v) is 7.90. The second kappa shape index (κ2) is 9.30. The molecule has 0 bridgehead atoms. The van der Waals surface area contributed by atoms with Gasteiger partial charge in [-0.15, -0.1) is 13.2 Å². The SMILES string of the molecule is N=S(=O)(NC1CCCC(N2c3ccccc3Oc3ccccc32)C1O)c1ccc(OC(F)(F)F)cc1. The Morgan fingerprint density at radius 3 is 2.14 bits per heavy atom. The molecule has 5 rings (SSSR count). The number of rotatable bonds is 5. The number of nitrogens with one attached hydrogen (secondary N) is 2. The zero-order valence-corrected chi connectivity index (χ0v) is 19.8. The molecular weight excluding hydrogens is 495 g/mol. The van der Waals surface area contributed by atoms with Crippen molar-refractivity contribution in [1.29, 1.82) is 4.78 Å². The van der Waals surface area contributed by atoms with Gasteiger partial charge >= 0.3 is 6.36 Å². The van der Waals surface area contributed by atoms with Crippen LogP contribution >= 0.6 is 0 Å². The summed E-state index contributed by atoms with van der Waals surface area (Å²) in [4.78, 5) is 2.02. The van der Waals surface area contributed by atoms with Crippen molar-refractivity contribution >= 4 is 21.3 Å². The summed E-state index contributed by atoms with van der Waals surface area (Å²) >= 11 is 0. The molecule has 0 radical (unpaired) electrons. The Hall–Kier alpha value is -3.28. The molecule has 190 valence electrons. The minimum atomic E-state index is -4.85. The zero-order chi connectivity index (χ0) is 25.5. The Kier molecular flexibility index (Phi) is 6.31. The molecule has 4 atom stereocenters. The molecule has 0 saturated heterocycles. The van der Waals surface area contributed by atoms with E-state index >= 15 is 0 Å².